The molecular formula is C13H12ClN5O3. The van der Waals surface area contributed by atoms with E-state index < -0.39 is 5.97 Å². The monoisotopic (exact) mass is 321 g/mol. The van der Waals surface area contributed by atoms with Crippen LogP contribution in [0.4, 0.5) is 5.95 Å². The minimum absolute atomic E-state index is 0.0649. The SMILES string of the molecule is COC(=O)c1nc2n(n1)CCCN2C(=O)c1ccnc(Cl)c1. The Labute approximate surface area is 130 Å². The lowest BCUT2D eigenvalue weighted by atomic mass is 10.2. The van der Waals surface area contributed by atoms with Crippen LogP contribution in [-0.2, 0) is 11.3 Å². The average Bonchev–Trinajstić information content (AvgIpc) is 2.97. The molecule has 22 heavy (non-hydrogen) atoms. The summed E-state index contributed by atoms with van der Waals surface area (Å²) >= 11 is 5.82. The van der Waals surface area contributed by atoms with Gasteiger partial charge in [-0.2, -0.15) is 4.98 Å². The number of hydrogen-bond acceptors (Lipinski definition) is 6. The number of methoxy groups -OCH3 is 1. The zero-order chi connectivity index (χ0) is 15.7. The zero-order valence-electron chi connectivity index (χ0n) is 11.7. The number of ether oxygens (including phenoxy) is 1. The van der Waals surface area contributed by atoms with E-state index in [0.29, 0.717) is 31.0 Å². The van der Waals surface area contributed by atoms with Gasteiger partial charge in [-0.1, -0.05) is 11.6 Å². The van der Waals surface area contributed by atoms with E-state index in [4.69, 9.17) is 11.6 Å². The lowest BCUT2D eigenvalue weighted by Gasteiger charge is -2.25. The number of fused-ring (bicyclic) bond motifs is 1. The fourth-order valence-electron chi connectivity index (χ4n) is 2.22. The number of esters is 1. The molecule has 0 aliphatic carbocycles. The Morgan fingerprint density at radius 3 is 2.91 bits per heavy atom. The summed E-state index contributed by atoms with van der Waals surface area (Å²) in [6.45, 7) is 1.07. The Hall–Kier alpha value is -2.48. The fourth-order valence-corrected chi connectivity index (χ4v) is 2.40. The second-order valence-corrected chi connectivity index (χ2v) is 5.01. The number of amides is 1. The van der Waals surface area contributed by atoms with E-state index in [1.165, 1.54) is 29.0 Å². The van der Waals surface area contributed by atoms with E-state index in [9.17, 15) is 9.59 Å². The highest BCUT2D eigenvalue weighted by Crippen LogP contribution is 2.21. The molecule has 0 atom stereocenters. The summed E-state index contributed by atoms with van der Waals surface area (Å²) in [6, 6.07) is 3.06. The predicted octanol–water partition coefficient (Wildman–Crippen LogP) is 1.16. The molecule has 0 saturated heterocycles. The number of carbonyl (C=O) groups excluding carboxylic acids is 2. The van der Waals surface area contributed by atoms with Crippen LogP contribution in [0, 0.1) is 0 Å². The molecule has 0 spiro atoms. The maximum absolute atomic E-state index is 12.6. The fraction of sp³-hybridized carbons (Fsp3) is 0.308. The Balaban J connectivity index is 1.96. The Morgan fingerprint density at radius 2 is 2.18 bits per heavy atom. The quantitative estimate of drug-likeness (QED) is 0.609. The molecule has 1 aliphatic rings. The first-order valence-electron chi connectivity index (χ1n) is 6.56. The standard InChI is InChI=1S/C13H12ClN5O3/c1-22-12(21)10-16-13-18(5-2-6-19(13)17-10)11(20)8-3-4-15-9(14)7-8/h3-4,7H,2,5-6H2,1H3. The van der Waals surface area contributed by atoms with Crippen LogP contribution in [0.1, 0.15) is 27.4 Å². The predicted molar refractivity (Wildman–Crippen MR) is 76.9 cm³/mol. The lowest BCUT2D eigenvalue weighted by molar-refractivity contribution is 0.0586. The van der Waals surface area contributed by atoms with Crippen LogP contribution in [0.5, 0.6) is 0 Å². The number of carbonyl (C=O) groups is 2. The molecule has 114 valence electrons. The molecule has 8 nitrogen and oxygen atoms in total. The van der Waals surface area contributed by atoms with Crippen molar-refractivity contribution in [1.82, 2.24) is 19.7 Å². The van der Waals surface area contributed by atoms with Crippen LogP contribution < -0.4 is 4.90 Å². The van der Waals surface area contributed by atoms with Crippen LogP contribution in [0.25, 0.3) is 0 Å². The molecule has 0 saturated carbocycles. The average molecular weight is 322 g/mol. The van der Waals surface area contributed by atoms with Gasteiger partial charge in [-0.25, -0.2) is 14.5 Å². The van der Waals surface area contributed by atoms with Crippen LogP contribution in [0.15, 0.2) is 18.3 Å². The largest absolute Gasteiger partial charge is 0.463 e. The second-order valence-electron chi connectivity index (χ2n) is 4.63. The summed E-state index contributed by atoms with van der Waals surface area (Å²) in [5.74, 6) is -0.648. The maximum Gasteiger partial charge on any atom is 0.378 e. The van der Waals surface area contributed by atoms with Gasteiger partial charge in [0.1, 0.15) is 5.15 Å². The Bertz CT molecular complexity index is 745. The minimum Gasteiger partial charge on any atom is -0.463 e. The highest BCUT2D eigenvalue weighted by molar-refractivity contribution is 6.29. The summed E-state index contributed by atoms with van der Waals surface area (Å²) in [5, 5.41) is 4.30. The van der Waals surface area contributed by atoms with Crippen molar-refractivity contribution in [3.8, 4) is 0 Å². The molecule has 2 aromatic rings. The van der Waals surface area contributed by atoms with Gasteiger partial charge in [0.25, 0.3) is 11.7 Å². The van der Waals surface area contributed by atoms with Crippen molar-refractivity contribution in [2.45, 2.75) is 13.0 Å². The number of rotatable bonds is 2. The van der Waals surface area contributed by atoms with Gasteiger partial charge in [0.05, 0.1) is 7.11 Å². The lowest BCUT2D eigenvalue weighted by Crippen LogP contribution is -2.38. The summed E-state index contributed by atoms with van der Waals surface area (Å²) in [4.78, 5) is 33.6. The molecule has 0 fully saturated rings. The van der Waals surface area contributed by atoms with Crippen molar-refractivity contribution in [2.75, 3.05) is 18.6 Å². The molecule has 1 aliphatic heterocycles. The molecule has 0 aromatic carbocycles. The third-order valence-corrected chi connectivity index (χ3v) is 3.44. The highest BCUT2D eigenvalue weighted by atomic mass is 35.5. The van der Waals surface area contributed by atoms with Gasteiger partial charge in [0.15, 0.2) is 0 Å². The summed E-state index contributed by atoms with van der Waals surface area (Å²) in [7, 11) is 1.25. The number of pyridine rings is 1. The first-order valence-corrected chi connectivity index (χ1v) is 6.94. The minimum atomic E-state index is -0.638. The normalized spacial score (nSPS) is 13.6. The van der Waals surface area contributed by atoms with E-state index in [-0.39, 0.29) is 16.9 Å². The third kappa shape index (κ3) is 2.52. The molecule has 2 aromatic heterocycles. The topological polar surface area (TPSA) is 90.2 Å². The van der Waals surface area contributed by atoms with E-state index in [2.05, 4.69) is 19.8 Å². The van der Waals surface area contributed by atoms with Gasteiger partial charge in [-0.05, 0) is 18.6 Å². The van der Waals surface area contributed by atoms with Gasteiger partial charge in [0, 0.05) is 24.8 Å². The van der Waals surface area contributed by atoms with Crippen molar-refractivity contribution >= 4 is 29.4 Å². The number of anilines is 1. The van der Waals surface area contributed by atoms with Crippen molar-refractivity contribution in [1.29, 1.82) is 0 Å². The van der Waals surface area contributed by atoms with Crippen LogP contribution in [-0.4, -0.2) is 45.3 Å². The van der Waals surface area contributed by atoms with Crippen LogP contribution in [0.3, 0.4) is 0 Å². The molecule has 0 N–H and O–H groups in total. The molecule has 3 heterocycles. The van der Waals surface area contributed by atoms with Gasteiger partial charge < -0.3 is 4.74 Å². The van der Waals surface area contributed by atoms with Crippen LogP contribution >= 0.6 is 11.6 Å². The molecule has 1 amide bonds. The maximum atomic E-state index is 12.6. The van der Waals surface area contributed by atoms with Crippen molar-refractivity contribution in [3.63, 3.8) is 0 Å². The highest BCUT2D eigenvalue weighted by Gasteiger charge is 2.29. The number of halogens is 1. The number of aryl methyl sites for hydroxylation is 1. The molecule has 0 unspecified atom stereocenters. The number of hydrogen-bond donors (Lipinski definition) is 0. The molecule has 0 bridgehead atoms. The smallest absolute Gasteiger partial charge is 0.378 e. The molecule has 3 rings (SSSR count). The van der Waals surface area contributed by atoms with Gasteiger partial charge in [0.2, 0.25) is 5.95 Å². The van der Waals surface area contributed by atoms with E-state index >= 15 is 0 Å². The van der Waals surface area contributed by atoms with Crippen LogP contribution in [0.2, 0.25) is 5.15 Å². The molecule has 0 radical (unpaired) electrons. The zero-order valence-corrected chi connectivity index (χ0v) is 12.4. The summed E-state index contributed by atoms with van der Waals surface area (Å²) in [6.07, 6.45) is 2.17. The Morgan fingerprint density at radius 1 is 1.36 bits per heavy atom. The van der Waals surface area contributed by atoms with E-state index in [1.54, 1.807) is 6.07 Å². The van der Waals surface area contributed by atoms with E-state index in [1.807, 2.05) is 0 Å². The van der Waals surface area contributed by atoms with Crippen molar-refractivity contribution < 1.29 is 14.3 Å². The van der Waals surface area contributed by atoms with Gasteiger partial charge in [-0.3, -0.25) is 9.69 Å². The van der Waals surface area contributed by atoms with Crippen molar-refractivity contribution in [3.05, 3.63) is 34.9 Å². The second kappa shape index (κ2) is 5.72. The van der Waals surface area contributed by atoms with E-state index in [0.717, 1.165) is 0 Å². The summed E-state index contributed by atoms with van der Waals surface area (Å²) in [5.41, 5.74) is 0.399. The number of nitrogens with zero attached hydrogens (tertiary/aromatic N) is 5. The number of aromatic nitrogens is 4. The third-order valence-electron chi connectivity index (χ3n) is 3.23. The summed E-state index contributed by atoms with van der Waals surface area (Å²) < 4.78 is 6.13. The molecular weight excluding hydrogens is 310 g/mol. The molecule has 9 heteroatoms. The first-order chi connectivity index (χ1) is 10.6. The van der Waals surface area contributed by atoms with Gasteiger partial charge >= 0.3 is 5.97 Å². The Kier molecular flexibility index (Phi) is 3.76. The van der Waals surface area contributed by atoms with Crippen molar-refractivity contribution in [2.24, 2.45) is 0 Å². The first kappa shape index (κ1) is 14.5. The van der Waals surface area contributed by atoms with Gasteiger partial charge in [-0.15, -0.1) is 5.10 Å².